The number of hydrogen-bond donors (Lipinski definition) is 2. The number of nitrogens with zero attached hydrogens (tertiary/aromatic N) is 3. The maximum Gasteiger partial charge on any atom is 0.191 e. The van der Waals surface area contributed by atoms with E-state index in [1.807, 2.05) is 23.9 Å². The molecule has 0 unspecified atom stereocenters. The second-order valence-corrected chi connectivity index (χ2v) is 6.05. The third kappa shape index (κ3) is 9.76. The Morgan fingerprint density at radius 3 is 2.74 bits per heavy atom. The van der Waals surface area contributed by atoms with Gasteiger partial charge in [-0.15, -0.1) is 24.0 Å². The number of guanidine groups is 1. The molecule has 0 saturated heterocycles. The van der Waals surface area contributed by atoms with Crippen LogP contribution in [-0.4, -0.2) is 42.0 Å². The summed E-state index contributed by atoms with van der Waals surface area (Å²) < 4.78 is 7.29. The zero-order chi connectivity index (χ0) is 18.5. The molecule has 0 bridgehead atoms. The number of nitrogens with one attached hydrogen (secondary N) is 2. The highest BCUT2D eigenvalue weighted by Crippen LogP contribution is 2.08. The van der Waals surface area contributed by atoms with Crippen molar-refractivity contribution in [2.75, 3.05) is 26.3 Å². The van der Waals surface area contributed by atoms with E-state index in [0.717, 1.165) is 51.6 Å². The molecule has 0 atom stereocenters. The molecule has 1 heterocycles. The predicted octanol–water partition coefficient (Wildman–Crippen LogP) is 3.42. The Morgan fingerprint density at radius 2 is 2.00 bits per heavy atom. The SMILES string of the molecule is CCNC(=NCc1cccc(Cn2cccn2)c1)NCCCCOCC.I. The van der Waals surface area contributed by atoms with Crippen molar-refractivity contribution in [1.82, 2.24) is 20.4 Å². The molecule has 1 aromatic carbocycles. The standard InChI is InChI=1S/C20H31N5O.HI/c1-3-21-20(22-11-5-6-14-26-4-2)23-16-18-9-7-10-19(15-18)17-25-13-8-12-24-25;/h7-10,12-13,15H,3-6,11,14,16-17H2,1-2H3,(H2,21,22,23);1H. The third-order valence-electron chi connectivity index (χ3n) is 3.87. The van der Waals surface area contributed by atoms with Crippen molar-refractivity contribution in [1.29, 1.82) is 0 Å². The fraction of sp³-hybridized carbons (Fsp3) is 0.500. The Balaban J connectivity index is 0.00000364. The van der Waals surface area contributed by atoms with Crippen molar-refractivity contribution < 1.29 is 4.74 Å². The van der Waals surface area contributed by atoms with Gasteiger partial charge in [-0.05, 0) is 43.9 Å². The molecule has 0 saturated carbocycles. The minimum Gasteiger partial charge on any atom is -0.382 e. The fourth-order valence-electron chi connectivity index (χ4n) is 2.60. The minimum atomic E-state index is 0. The van der Waals surface area contributed by atoms with Gasteiger partial charge in [0, 0.05) is 38.7 Å². The van der Waals surface area contributed by atoms with Crippen LogP contribution in [0.1, 0.15) is 37.8 Å². The molecule has 0 amide bonds. The summed E-state index contributed by atoms with van der Waals surface area (Å²) in [5.74, 6) is 0.862. The minimum absolute atomic E-state index is 0. The molecule has 0 aliphatic carbocycles. The topological polar surface area (TPSA) is 63.5 Å². The molecular weight excluding hydrogens is 453 g/mol. The number of aliphatic imine (C=N–C) groups is 1. The molecule has 1 aromatic heterocycles. The zero-order valence-electron chi connectivity index (χ0n) is 16.4. The van der Waals surface area contributed by atoms with Gasteiger partial charge in [-0.25, -0.2) is 4.99 Å². The summed E-state index contributed by atoms with van der Waals surface area (Å²) in [5, 5.41) is 10.9. The summed E-state index contributed by atoms with van der Waals surface area (Å²) in [6, 6.07) is 10.4. The van der Waals surface area contributed by atoms with E-state index in [9.17, 15) is 0 Å². The lowest BCUT2D eigenvalue weighted by atomic mass is 10.1. The maximum atomic E-state index is 5.36. The highest BCUT2D eigenvalue weighted by Gasteiger charge is 2.00. The fourth-order valence-corrected chi connectivity index (χ4v) is 2.60. The molecule has 0 spiro atoms. The Labute approximate surface area is 179 Å². The lowest BCUT2D eigenvalue weighted by Crippen LogP contribution is -2.37. The second kappa shape index (κ2) is 14.4. The average molecular weight is 485 g/mol. The van der Waals surface area contributed by atoms with E-state index < -0.39 is 0 Å². The van der Waals surface area contributed by atoms with Gasteiger partial charge in [0.25, 0.3) is 0 Å². The van der Waals surface area contributed by atoms with Crippen LogP contribution in [0.4, 0.5) is 0 Å². The molecule has 2 N–H and O–H groups in total. The lowest BCUT2D eigenvalue weighted by Gasteiger charge is -2.11. The Bertz CT molecular complexity index is 646. The van der Waals surface area contributed by atoms with Gasteiger partial charge in [0.05, 0.1) is 13.1 Å². The van der Waals surface area contributed by atoms with Crippen LogP contribution >= 0.6 is 24.0 Å². The first-order valence-corrected chi connectivity index (χ1v) is 9.47. The summed E-state index contributed by atoms with van der Waals surface area (Å²) in [4.78, 5) is 4.70. The van der Waals surface area contributed by atoms with E-state index in [-0.39, 0.29) is 24.0 Å². The van der Waals surface area contributed by atoms with Gasteiger partial charge in [-0.1, -0.05) is 24.3 Å². The molecule has 0 aliphatic heterocycles. The van der Waals surface area contributed by atoms with Crippen LogP contribution in [-0.2, 0) is 17.8 Å². The number of benzene rings is 1. The highest BCUT2D eigenvalue weighted by atomic mass is 127. The lowest BCUT2D eigenvalue weighted by molar-refractivity contribution is 0.143. The van der Waals surface area contributed by atoms with E-state index in [4.69, 9.17) is 9.73 Å². The maximum absolute atomic E-state index is 5.36. The van der Waals surface area contributed by atoms with Crippen LogP contribution in [0.3, 0.4) is 0 Å². The van der Waals surface area contributed by atoms with Gasteiger partial charge in [0.15, 0.2) is 5.96 Å². The summed E-state index contributed by atoms with van der Waals surface area (Å²) >= 11 is 0. The van der Waals surface area contributed by atoms with E-state index in [2.05, 4.69) is 46.9 Å². The van der Waals surface area contributed by atoms with Crippen LogP contribution < -0.4 is 10.6 Å². The molecule has 0 radical (unpaired) electrons. The number of aromatic nitrogens is 2. The van der Waals surface area contributed by atoms with Crippen LogP contribution in [0, 0.1) is 0 Å². The van der Waals surface area contributed by atoms with Crippen molar-refractivity contribution in [2.45, 2.75) is 39.8 Å². The molecule has 0 aliphatic rings. The first-order chi connectivity index (χ1) is 12.8. The number of ether oxygens (including phenoxy) is 1. The average Bonchev–Trinajstić information content (AvgIpc) is 3.16. The van der Waals surface area contributed by atoms with Gasteiger partial charge in [0.2, 0.25) is 0 Å². The number of hydrogen-bond acceptors (Lipinski definition) is 3. The monoisotopic (exact) mass is 485 g/mol. The van der Waals surface area contributed by atoms with Gasteiger partial charge >= 0.3 is 0 Å². The largest absolute Gasteiger partial charge is 0.382 e. The van der Waals surface area contributed by atoms with Crippen molar-refractivity contribution in [3.8, 4) is 0 Å². The smallest absolute Gasteiger partial charge is 0.191 e. The Morgan fingerprint density at radius 1 is 1.15 bits per heavy atom. The van der Waals surface area contributed by atoms with Gasteiger partial charge in [-0.3, -0.25) is 4.68 Å². The predicted molar refractivity (Wildman–Crippen MR) is 122 cm³/mol. The second-order valence-electron chi connectivity index (χ2n) is 6.05. The van der Waals surface area contributed by atoms with Gasteiger partial charge in [0.1, 0.15) is 0 Å². The van der Waals surface area contributed by atoms with E-state index >= 15 is 0 Å². The quantitative estimate of drug-likeness (QED) is 0.222. The Hall–Kier alpha value is -1.61. The van der Waals surface area contributed by atoms with Crippen molar-refractivity contribution in [2.24, 2.45) is 4.99 Å². The number of halogens is 1. The van der Waals surface area contributed by atoms with Crippen molar-refractivity contribution in [3.05, 3.63) is 53.9 Å². The summed E-state index contributed by atoms with van der Waals surface area (Å²) in [7, 11) is 0. The molecular formula is C20H32IN5O. The first kappa shape index (κ1) is 23.4. The van der Waals surface area contributed by atoms with Crippen LogP contribution in [0.15, 0.2) is 47.7 Å². The number of rotatable bonds is 11. The van der Waals surface area contributed by atoms with E-state index in [1.165, 1.54) is 11.1 Å². The van der Waals surface area contributed by atoms with Crippen molar-refractivity contribution in [3.63, 3.8) is 0 Å². The van der Waals surface area contributed by atoms with Gasteiger partial charge < -0.3 is 15.4 Å². The van der Waals surface area contributed by atoms with E-state index in [0.29, 0.717) is 6.54 Å². The summed E-state index contributed by atoms with van der Waals surface area (Å²) in [6.45, 7) is 8.91. The molecule has 27 heavy (non-hydrogen) atoms. The molecule has 2 rings (SSSR count). The molecule has 7 heteroatoms. The highest BCUT2D eigenvalue weighted by molar-refractivity contribution is 14.0. The first-order valence-electron chi connectivity index (χ1n) is 9.47. The molecule has 6 nitrogen and oxygen atoms in total. The normalized spacial score (nSPS) is 11.1. The van der Waals surface area contributed by atoms with Crippen LogP contribution in [0.5, 0.6) is 0 Å². The Kier molecular flexibility index (Phi) is 12.5. The summed E-state index contributed by atoms with van der Waals surface area (Å²) in [5.41, 5.74) is 2.43. The number of unbranched alkanes of at least 4 members (excludes halogenated alkanes) is 1. The molecule has 150 valence electrons. The molecule has 0 fully saturated rings. The van der Waals surface area contributed by atoms with Crippen LogP contribution in [0.2, 0.25) is 0 Å². The van der Waals surface area contributed by atoms with Crippen LogP contribution in [0.25, 0.3) is 0 Å². The van der Waals surface area contributed by atoms with Crippen molar-refractivity contribution >= 4 is 29.9 Å². The molecule has 2 aromatic rings. The summed E-state index contributed by atoms with van der Waals surface area (Å²) in [6.07, 6.45) is 5.92. The third-order valence-corrected chi connectivity index (χ3v) is 3.87. The zero-order valence-corrected chi connectivity index (χ0v) is 18.7. The van der Waals surface area contributed by atoms with Gasteiger partial charge in [-0.2, -0.15) is 5.10 Å². The van der Waals surface area contributed by atoms with E-state index in [1.54, 1.807) is 6.20 Å².